The van der Waals surface area contributed by atoms with E-state index in [1.165, 1.54) is 16.9 Å². The van der Waals surface area contributed by atoms with Crippen molar-refractivity contribution in [2.75, 3.05) is 32.7 Å². The van der Waals surface area contributed by atoms with E-state index in [0.29, 0.717) is 30.6 Å². The van der Waals surface area contributed by atoms with Crippen LogP contribution in [0.1, 0.15) is 40.7 Å². The highest BCUT2D eigenvalue weighted by Crippen LogP contribution is 2.25. The number of amides is 1. The number of aromatic nitrogens is 2. The maximum Gasteiger partial charge on any atom is 0.259 e. The average molecular weight is 468 g/mol. The lowest BCUT2D eigenvalue weighted by Gasteiger charge is -2.34. The van der Waals surface area contributed by atoms with Gasteiger partial charge >= 0.3 is 0 Å². The molecule has 0 spiro atoms. The Morgan fingerprint density at radius 3 is 2.45 bits per heavy atom. The van der Waals surface area contributed by atoms with Gasteiger partial charge in [0.15, 0.2) is 0 Å². The Hall–Kier alpha value is -2.55. The zero-order valence-corrected chi connectivity index (χ0v) is 20.6. The van der Waals surface area contributed by atoms with E-state index in [2.05, 4.69) is 56.3 Å². The Balaban J connectivity index is 1.24. The van der Waals surface area contributed by atoms with Crippen molar-refractivity contribution in [3.63, 3.8) is 0 Å². The van der Waals surface area contributed by atoms with Crippen molar-refractivity contribution in [3.8, 4) is 0 Å². The third-order valence-electron chi connectivity index (χ3n) is 6.51. The van der Waals surface area contributed by atoms with Crippen LogP contribution in [0.5, 0.6) is 0 Å². The second kappa shape index (κ2) is 10.6. The molecule has 0 unspecified atom stereocenters. The van der Waals surface area contributed by atoms with E-state index in [-0.39, 0.29) is 11.5 Å². The van der Waals surface area contributed by atoms with E-state index in [1.807, 2.05) is 13.8 Å². The minimum absolute atomic E-state index is 0.0471. The van der Waals surface area contributed by atoms with Crippen molar-refractivity contribution in [2.45, 2.75) is 46.7 Å². The molecule has 1 aliphatic heterocycles. The molecule has 3 heterocycles. The summed E-state index contributed by atoms with van der Waals surface area (Å²) in [6, 6.07) is 8.49. The van der Waals surface area contributed by atoms with Crippen molar-refractivity contribution in [3.05, 3.63) is 62.0 Å². The first-order chi connectivity index (χ1) is 15.9. The summed E-state index contributed by atoms with van der Waals surface area (Å²) in [7, 11) is 0. The minimum Gasteiger partial charge on any atom is -0.352 e. The maximum atomic E-state index is 12.4. The van der Waals surface area contributed by atoms with Crippen LogP contribution in [-0.4, -0.2) is 58.4 Å². The number of fused-ring (bicyclic) bond motifs is 1. The summed E-state index contributed by atoms with van der Waals surface area (Å²) >= 11 is 1.53. The molecule has 0 bridgehead atoms. The summed E-state index contributed by atoms with van der Waals surface area (Å²) < 4.78 is 0. The molecule has 7 nitrogen and oxygen atoms in total. The first-order valence-electron chi connectivity index (χ1n) is 11.7. The Morgan fingerprint density at radius 1 is 1.09 bits per heavy atom. The molecule has 1 aliphatic rings. The number of carbonyl (C=O) groups is 1. The summed E-state index contributed by atoms with van der Waals surface area (Å²) in [5, 5.41) is 3.64. The molecule has 2 aromatic heterocycles. The van der Waals surface area contributed by atoms with Crippen LogP contribution in [0.4, 0.5) is 0 Å². The number of aryl methyl sites for hydroxylation is 3. The summed E-state index contributed by atoms with van der Waals surface area (Å²) in [6.45, 7) is 13.3. The molecule has 3 aromatic rings. The predicted octanol–water partition coefficient (Wildman–Crippen LogP) is 2.99. The van der Waals surface area contributed by atoms with E-state index >= 15 is 0 Å². The fraction of sp³-hybridized carbons (Fsp3) is 0.480. The van der Waals surface area contributed by atoms with Gasteiger partial charge in [0.2, 0.25) is 5.91 Å². The molecule has 1 fully saturated rings. The normalized spacial score (nSPS) is 15.2. The molecule has 1 amide bonds. The molecule has 33 heavy (non-hydrogen) atoms. The number of carbonyl (C=O) groups excluding carboxylic acids is 1. The number of hydrogen-bond acceptors (Lipinski definition) is 6. The van der Waals surface area contributed by atoms with Gasteiger partial charge in [0.25, 0.3) is 5.56 Å². The van der Waals surface area contributed by atoms with Gasteiger partial charge in [-0.25, -0.2) is 4.98 Å². The first kappa shape index (κ1) is 23.6. The zero-order chi connectivity index (χ0) is 23.4. The van der Waals surface area contributed by atoms with E-state index in [4.69, 9.17) is 0 Å². The monoisotopic (exact) mass is 467 g/mol. The fourth-order valence-electron chi connectivity index (χ4n) is 4.22. The van der Waals surface area contributed by atoms with Crippen molar-refractivity contribution < 1.29 is 4.79 Å². The number of thiophene rings is 1. The van der Waals surface area contributed by atoms with Gasteiger partial charge in [0.1, 0.15) is 10.7 Å². The third-order valence-corrected chi connectivity index (χ3v) is 7.61. The van der Waals surface area contributed by atoms with E-state index in [1.54, 1.807) is 0 Å². The number of H-pyrrole nitrogens is 1. The molecule has 1 saturated heterocycles. The summed E-state index contributed by atoms with van der Waals surface area (Å²) in [4.78, 5) is 38.9. The summed E-state index contributed by atoms with van der Waals surface area (Å²) in [5.74, 6) is 0.516. The van der Waals surface area contributed by atoms with Crippen molar-refractivity contribution in [2.24, 2.45) is 0 Å². The average Bonchev–Trinajstić information content (AvgIpc) is 3.11. The van der Waals surface area contributed by atoms with Gasteiger partial charge in [0.05, 0.1) is 5.39 Å². The number of piperazine rings is 1. The minimum atomic E-state index is -0.121. The van der Waals surface area contributed by atoms with Crippen molar-refractivity contribution in [1.82, 2.24) is 25.1 Å². The van der Waals surface area contributed by atoms with Gasteiger partial charge in [-0.3, -0.25) is 14.5 Å². The zero-order valence-electron chi connectivity index (χ0n) is 19.7. The van der Waals surface area contributed by atoms with Gasteiger partial charge in [-0.05, 0) is 37.1 Å². The Kier molecular flexibility index (Phi) is 7.57. The number of benzene rings is 1. The van der Waals surface area contributed by atoms with E-state index < -0.39 is 0 Å². The van der Waals surface area contributed by atoms with Gasteiger partial charge in [-0.15, -0.1) is 11.3 Å². The number of hydrogen-bond donors (Lipinski definition) is 2. The van der Waals surface area contributed by atoms with Crippen molar-refractivity contribution in [1.29, 1.82) is 0 Å². The molecular formula is C25H33N5O2S. The van der Waals surface area contributed by atoms with E-state index in [9.17, 15) is 9.59 Å². The van der Waals surface area contributed by atoms with Gasteiger partial charge in [-0.1, -0.05) is 31.2 Å². The number of nitrogens with zero attached hydrogens (tertiary/aromatic N) is 3. The Labute approximate surface area is 198 Å². The van der Waals surface area contributed by atoms with Crippen LogP contribution >= 0.6 is 11.3 Å². The molecule has 4 rings (SSSR count). The molecule has 0 aliphatic carbocycles. The van der Waals surface area contributed by atoms with Crippen LogP contribution in [0.15, 0.2) is 29.1 Å². The van der Waals surface area contributed by atoms with Crippen LogP contribution in [0.3, 0.4) is 0 Å². The number of rotatable bonds is 8. The second-order valence-corrected chi connectivity index (χ2v) is 9.98. The standard InChI is InChI=1S/C25H33N5O2S/c1-4-29-11-13-30(14-12-29)16-20-7-5-19(6-8-20)15-26-22(31)10-9-21-27-24(32)23-17(2)18(3)33-25(23)28-21/h5-8H,4,9-16H2,1-3H3,(H,26,31)(H,27,28,32). The Bertz CT molecular complexity index is 1160. The molecule has 0 radical (unpaired) electrons. The smallest absolute Gasteiger partial charge is 0.259 e. The molecule has 0 saturated carbocycles. The highest BCUT2D eigenvalue weighted by molar-refractivity contribution is 7.18. The number of nitrogens with one attached hydrogen (secondary N) is 2. The maximum absolute atomic E-state index is 12.4. The Morgan fingerprint density at radius 2 is 1.76 bits per heavy atom. The highest BCUT2D eigenvalue weighted by Gasteiger charge is 2.15. The van der Waals surface area contributed by atoms with Gasteiger partial charge in [0, 0.05) is 57.0 Å². The highest BCUT2D eigenvalue weighted by atomic mass is 32.1. The van der Waals surface area contributed by atoms with Crippen molar-refractivity contribution >= 4 is 27.5 Å². The first-order valence-corrected chi connectivity index (χ1v) is 12.5. The lowest BCUT2D eigenvalue weighted by atomic mass is 10.1. The van der Waals surface area contributed by atoms with Crippen LogP contribution in [-0.2, 0) is 24.3 Å². The topological polar surface area (TPSA) is 81.3 Å². The summed E-state index contributed by atoms with van der Waals surface area (Å²) in [5.41, 5.74) is 3.25. The summed E-state index contributed by atoms with van der Waals surface area (Å²) in [6.07, 6.45) is 0.705. The second-order valence-electron chi connectivity index (χ2n) is 8.78. The van der Waals surface area contributed by atoms with Crippen LogP contribution in [0.25, 0.3) is 10.2 Å². The lowest BCUT2D eigenvalue weighted by Crippen LogP contribution is -2.45. The van der Waals surface area contributed by atoms with Crippen LogP contribution in [0, 0.1) is 13.8 Å². The van der Waals surface area contributed by atoms with Crippen LogP contribution < -0.4 is 10.9 Å². The van der Waals surface area contributed by atoms with Crippen LogP contribution in [0.2, 0.25) is 0 Å². The molecule has 0 atom stereocenters. The van der Waals surface area contributed by atoms with E-state index in [0.717, 1.165) is 60.1 Å². The quantitative estimate of drug-likeness (QED) is 0.532. The molecule has 8 heteroatoms. The molecule has 2 N–H and O–H groups in total. The largest absolute Gasteiger partial charge is 0.352 e. The van der Waals surface area contributed by atoms with Gasteiger partial charge in [-0.2, -0.15) is 0 Å². The molecular weight excluding hydrogens is 434 g/mol. The molecule has 1 aromatic carbocycles. The number of aromatic amines is 1. The third kappa shape index (κ3) is 5.88. The number of likely N-dealkylation sites (N-methyl/N-ethyl adjacent to an activating group) is 1. The fourth-order valence-corrected chi connectivity index (χ4v) is 5.27. The predicted molar refractivity (Wildman–Crippen MR) is 134 cm³/mol. The molecule has 176 valence electrons. The van der Waals surface area contributed by atoms with Gasteiger partial charge < -0.3 is 15.2 Å². The SMILES string of the molecule is CCN1CCN(Cc2ccc(CNC(=O)CCc3nc4sc(C)c(C)c4c(=O)[nH]3)cc2)CC1. The lowest BCUT2D eigenvalue weighted by molar-refractivity contribution is -0.121.